The van der Waals surface area contributed by atoms with Gasteiger partial charge >= 0.3 is 18.6 Å². The molecule has 1 radical (unpaired) electrons. The molecule has 15 heteroatoms. The predicted molar refractivity (Wildman–Crippen MR) is 56.1 cm³/mol. The summed E-state index contributed by atoms with van der Waals surface area (Å²) >= 11 is 0. The van der Waals surface area contributed by atoms with Crippen molar-refractivity contribution < 1.29 is 90.7 Å². The van der Waals surface area contributed by atoms with Gasteiger partial charge in [-0.25, -0.2) is 0 Å². The molecule has 0 saturated carbocycles. The molecule has 0 amide bonds. The maximum Gasteiger partial charge on any atom is 4.00 e. The molecule has 1 aliphatic heterocycles. The van der Waals surface area contributed by atoms with Crippen LogP contribution in [0.1, 0.15) is 0 Å². The number of carboxylic acids is 4. The summed E-state index contributed by atoms with van der Waals surface area (Å²) in [6.07, 6.45) is 0. The minimum Gasteiger partial charge on any atom is -2.00 e. The molecule has 14 nitrogen and oxygen atoms in total. The molecule has 0 unspecified atom stereocenters. The van der Waals surface area contributed by atoms with E-state index in [4.69, 9.17) is 39.6 Å². The van der Waals surface area contributed by atoms with Gasteiger partial charge in [0.05, 0.1) is 23.9 Å². The molecule has 1 aliphatic rings. The van der Waals surface area contributed by atoms with E-state index >= 15 is 0 Å². The first-order valence-electron chi connectivity index (χ1n) is 4.77. The van der Waals surface area contributed by atoms with Gasteiger partial charge in [0.2, 0.25) is 0 Å². The van der Waals surface area contributed by atoms with E-state index < -0.39 is 23.9 Å². The Morgan fingerprint density at radius 1 is 0.609 bits per heavy atom. The second-order valence-corrected chi connectivity index (χ2v) is 2.88. The second-order valence-electron chi connectivity index (χ2n) is 2.88. The monoisotopic (exact) mass is 386 g/mol. The van der Waals surface area contributed by atoms with E-state index in [9.17, 15) is 0 Å². The first-order valence-corrected chi connectivity index (χ1v) is 4.77. The van der Waals surface area contributed by atoms with Gasteiger partial charge in [-0.1, -0.05) is 0 Å². The van der Waals surface area contributed by atoms with Crippen molar-refractivity contribution >= 4 is 23.9 Å². The number of piperazine rings is 1. The first-order chi connectivity index (χ1) is 8.29. The molecule has 0 aromatic rings. The van der Waals surface area contributed by atoms with Crippen molar-refractivity contribution in [3.8, 4) is 0 Å². The summed E-state index contributed by atoms with van der Waals surface area (Å²) in [6.45, 7) is 5.28. The van der Waals surface area contributed by atoms with Crippen LogP contribution in [0, 0.1) is 0 Å². The van der Waals surface area contributed by atoms with E-state index in [2.05, 4.69) is 10.6 Å². The van der Waals surface area contributed by atoms with E-state index in [0.29, 0.717) is 0 Å². The molecule has 0 aromatic carbocycles. The third-order valence-electron chi connectivity index (χ3n) is 1.48. The van der Waals surface area contributed by atoms with Crippen LogP contribution in [0.3, 0.4) is 0 Å². The van der Waals surface area contributed by atoms with Crippen LogP contribution in [-0.4, -0.2) is 61.0 Å². The van der Waals surface area contributed by atoms with Crippen molar-refractivity contribution in [2.75, 3.05) is 26.2 Å². The number of rotatable bonds is 0. The number of hydrogen-bond acceptors (Lipinski definition) is 8. The van der Waals surface area contributed by atoms with Crippen molar-refractivity contribution in [1.29, 1.82) is 0 Å². The molecule has 0 aliphatic carbocycles. The molecule has 0 aromatic heterocycles. The van der Waals surface area contributed by atoms with Crippen molar-refractivity contribution in [3.63, 3.8) is 0 Å². The number of nitrogens with two attached hydrogens (primary N) is 2. The van der Waals surface area contributed by atoms with Gasteiger partial charge in [-0.3, -0.25) is 0 Å². The fourth-order valence-corrected chi connectivity index (χ4v) is 0.760. The van der Waals surface area contributed by atoms with E-state index in [1.165, 1.54) is 26.2 Å². The fourth-order valence-electron chi connectivity index (χ4n) is 0.760. The van der Waals surface area contributed by atoms with Crippen LogP contribution < -0.4 is 31.1 Å². The Bertz CT molecular complexity index is 250. The minimum absolute atomic E-state index is 0. The SMILES string of the molecule is C1C[NH2+]CC[NH2+]1.O.O.O=C([O-])C(=O)[O-].O=C([O-])C(=O)[O-].[O-2].[OH3+].[V+4]. The maximum atomic E-state index is 8.93. The smallest absolute Gasteiger partial charge is 2.00 e. The number of aliphatic carboxylic acids is 4. The first kappa shape index (κ1) is 42.9. The van der Waals surface area contributed by atoms with Crippen LogP contribution in [0.2, 0.25) is 0 Å². The number of carbonyl (C=O) groups is 4. The van der Waals surface area contributed by atoms with Gasteiger partial charge in [0.25, 0.3) is 0 Å². The summed E-state index contributed by atoms with van der Waals surface area (Å²) in [7, 11) is 0. The Kier molecular flexibility index (Phi) is 53.0. The number of carboxylic acid groups (broad SMARTS) is 4. The fraction of sp³-hybridized carbons (Fsp3) is 0.500. The maximum absolute atomic E-state index is 8.93. The standard InChI is InChI=1S/C4H10N2.2C2H2O4.3H2O.O.V/c1-2-6-4-3-5-1;2*3-1(4)2(5)6;;;;;/h5-6H,1-4H2;2*(H,3,4)(H,5,6);3*1H2;;/q;;;;;;-2;+4/p-1. The largest absolute Gasteiger partial charge is 4.00 e. The second kappa shape index (κ2) is 28.4. The summed E-state index contributed by atoms with van der Waals surface area (Å²) in [5, 5.41) is 40.4. The summed E-state index contributed by atoms with van der Waals surface area (Å²) in [6, 6.07) is 0. The molecule has 137 valence electrons. The average Bonchev–Trinajstić information content (AvgIpc) is 2.32. The van der Waals surface area contributed by atoms with Gasteiger partial charge in [0.1, 0.15) is 26.2 Å². The zero-order valence-electron chi connectivity index (χ0n) is 11.7. The van der Waals surface area contributed by atoms with Crippen LogP contribution in [0.15, 0.2) is 0 Å². The van der Waals surface area contributed by atoms with Crippen LogP contribution in [-0.2, 0) is 48.7 Å². The normalized spacial score (nSPS) is 10.1. The zero-order chi connectivity index (χ0) is 14.6. The molecular weight excluding hydrogens is 367 g/mol. The number of quaternary nitrogens is 2. The molecule has 1 heterocycles. The summed E-state index contributed by atoms with van der Waals surface area (Å²) in [5.74, 6) is -8.74. The summed E-state index contributed by atoms with van der Waals surface area (Å²) in [4.78, 5) is 35.7. The molecule has 1 rings (SSSR count). The van der Waals surface area contributed by atoms with E-state index in [0.717, 1.165) is 0 Å². The van der Waals surface area contributed by atoms with E-state index in [-0.39, 0.29) is 40.5 Å². The summed E-state index contributed by atoms with van der Waals surface area (Å²) < 4.78 is 0. The Hall–Kier alpha value is -1.78. The molecule has 23 heavy (non-hydrogen) atoms. The minimum atomic E-state index is -2.19. The van der Waals surface area contributed by atoms with Crippen LogP contribution in [0.4, 0.5) is 0 Å². The molecular formula is C8H19N2O12V+. The van der Waals surface area contributed by atoms with E-state index in [1.807, 2.05) is 0 Å². The Balaban J connectivity index is -0.0000000301. The van der Waals surface area contributed by atoms with Gasteiger partial charge in [-0.05, 0) is 0 Å². The third-order valence-corrected chi connectivity index (χ3v) is 1.48. The third kappa shape index (κ3) is 44.9. The number of carbonyl (C=O) groups excluding carboxylic acids is 4. The van der Waals surface area contributed by atoms with Crippen molar-refractivity contribution in [2.24, 2.45) is 0 Å². The van der Waals surface area contributed by atoms with Gasteiger partial charge in [0, 0.05) is 0 Å². The molecule has 1 fully saturated rings. The van der Waals surface area contributed by atoms with Gasteiger partial charge in [-0.15, -0.1) is 0 Å². The van der Waals surface area contributed by atoms with Crippen molar-refractivity contribution in [2.45, 2.75) is 0 Å². The zero-order valence-corrected chi connectivity index (χ0v) is 13.1. The molecule has 1 saturated heterocycles. The average molecular weight is 386 g/mol. The van der Waals surface area contributed by atoms with Crippen LogP contribution >= 0.6 is 0 Å². The number of hydrogen-bond donors (Lipinski definition) is 2. The van der Waals surface area contributed by atoms with Crippen molar-refractivity contribution in [1.82, 2.24) is 0 Å². The predicted octanol–water partition coefficient (Wildman–Crippen LogP) is -12.6. The van der Waals surface area contributed by atoms with Crippen LogP contribution in [0.5, 0.6) is 0 Å². The van der Waals surface area contributed by atoms with Gasteiger partial charge < -0.3 is 72.1 Å². The van der Waals surface area contributed by atoms with E-state index in [1.54, 1.807) is 0 Å². The summed E-state index contributed by atoms with van der Waals surface area (Å²) in [5.41, 5.74) is 0. The Labute approximate surface area is 141 Å². The van der Waals surface area contributed by atoms with Gasteiger partial charge in [-0.2, -0.15) is 0 Å². The molecule has 11 N–H and O–H groups in total. The molecule has 0 atom stereocenters. The van der Waals surface area contributed by atoms with Gasteiger partial charge in [0.15, 0.2) is 0 Å². The van der Waals surface area contributed by atoms with Crippen molar-refractivity contribution in [3.05, 3.63) is 0 Å². The molecule has 0 spiro atoms. The molecule has 0 bridgehead atoms. The topological polar surface area (TPSA) is 318 Å². The van der Waals surface area contributed by atoms with Crippen LogP contribution in [0.25, 0.3) is 0 Å². The Morgan fingerprint density at radius 2 is 0.739 bits per heavy atom. The quantitative estimate of drug-likeness (QED) is 0.296. The Morgan fingerprint density at radius 3 is 0.783 bits per heavy atom.